The Labute approximate surface area is 139 Å². The number of carbonyl (C=O) groups excluding carboxylic acids is 6. The topological polar surface area (TPSA) is 121 Å². The molecule has 1 saturated heterocycles. The molecule has 9 nitrogen and oxygen atoms in total. The maximum Gasteiger partial charge on any atom is 0.277 e. The molecular weight excluding hydrogens is 330 g/mol. The predicted molar refractivity (Wildman–Crippen MR) is 78.2 cm³/mol. The fourth-order valence-corrected chi connectivity index (χ4v) is 3.07. The van der Waals surface area contributed by atoms with Crippen molar-refractivity contribution in [2.75, 3.05) is 0 Å². The number of amides is 6. The van der Waals surface area contributed by atoms with Crippen LogP contribution in [0.4, 0.5) is 0 Å². The molecule has 1 N–H and O–H groups in total. The van der Waals surface area contributed by atoms with Crippen molar-refractivity contribution in [3.63, 3.8) is 0 Å². The number of imide groups is 3. The normalized spacial score (nSPS) is 20.2. The monoisotopic (exact) mass is 339 g/mol. The van der Waals surface area contributed by atoms with Gasteiger partial charge in [-0.25, -0.2) is 9.80 Å². The second kappa shape index (κ2) is 4.94. The highest BCUT2D eigenvalue weighted by atomic mass is 16.2. The van der Waals surface area contributed by atoms with Crippen molar-refractivity contribution >= 4 is 35.4 Å². The number of hydrogen-bond donors (Lipinski definition) is 1. The minimum absolute atomic E-state index is 0.0746. The van der Waals surface area contributed by atoms with E-state index in [2.05, 4.69) is 0 Å². The van der Waals surface area contributed by atoms with Crippen molar-refractivity contribution in [1.29, 1.82) is 0 Å². The first-order valence-electron chi connectivity index (χ1n) is 7.35. The third-order valence-corrected chi connectivity index (χ3v) is 4.17. The van der Waals surface area contributed by atoms with Gasteiger partial charge in [-0.05, 0) is 12.1 Å². The number of benzene rings is 1. The van der Waals surface area contributed by atoms with E-state index in [-0.39, 0.29) is 24.0 Å². The molecule has 3 aliphatic rings. The molecule has 0 saturated carbocycles. The van der Waals surface area contributed by atoms with Crippen LogP contribution in [0.5, 0.6) is 0 Å². The molecule has 0 aromatic heterocycles. The van der Waals surface area contributed by atoms with Crippen molar-refractivity contribution in [3.05, 3.63) is 46.8 Å². The first-order valence-corrected chi connectivity index (χ1v) is 7.35. The molecule has 0 unspecified atom stereocenters. The van der Waals surface area contributed by atoms with Crippen LogP contribution in [-0.2, 0) is 19.2 Å². The zero-order valence-electron chi connectivity index (χ0n) is 12.6. The van der Waals surface area contributed by atoms with E-state index in [4.69, 9.17) is 0 Å². The lowest BCUT2D eigenvalue weighted by atomic mass is 10.1. The fraction of sp³-hybridized carbons (Fsp3) is 0.125. The van der Waals surface area contributed by atoms with Gasteiger partial charge < -0.3 is 0 Å². The van der Waals surface area contributed by atoms with E-state index in [0.29, 0.717) is 9.80 Å². The average molecular weight is 339 g/mol. The van der Waals surface area contributed by atoms with Gasteiger partial charge in [-0.3, -0.25) is 34.1 Å². The first kappa shape index (κ1) is 14.9. The lowest BCUT2D eigenvalue weighted by Crippen LogP contribution is -2.37. The molecule has 0 aliphatic carbocycles. The van der Waals surface area contributed by atoms with Crippen molar-refractivity contribution < 1.29 is 28.8 Å². The van der Waals surface area contributed by atoms with Gasteiger partial charge in [0, 0.05) is 12.8 Å². The van der Waals surface area contributed by atoms with Gasteiger partial charge in [-0.15, -0.1) is 0 Å². The Bertz CT molecular complexity index is 909. The molecule has 4 rings (SSSR count). The third-order valence-electron chi connectivity index (χ3n) is 4.17. The summed E-state index contributed by atoms with van der Waals surface area (Å²) in [6.07, 6.45) is -0.224. The lowest BCUT2D eigenvalue weighted by molar-refractivity contribution is -0.138. The number of carbonyl (C=O) groups is 6. The van der Waals surface area contributed by atoms with E-state index in [1.807, 2.05) is 5.32 Å². The lowest BCUT2D eigenvalue weighted by Gasteiger charge is -2.18. The zero-order chi connectivity index (χ0) is 17.9. The summed E-state index contributed by atoms with van der Waals surface area (Å²) >= 11 is 0. The average Bonchev–Trinajstić information content (AvgIpc) is 3.14. The molecule has 0 radical (unpaired) electrons. The summed E-state index contributed by atoms with van der Waals surface area (Å²) in [7, 11) is 0. The number of nitrogens with one attached hydrogen (secondary N) is 1. The standard InChI is InChI=1S/C16H9N3O6/c20-9-5-6-10(21)18(9)11-12(14(23)17-13(11)22)19-15(24)7-3-1-2-4-8(7)16(19)25/h1-4H,5-6H2,(H,17,22,23). The molecule has 6 amide bonds. The summed E-state index contributed by atoms with van der Waals surface area (Å²) in [6, 6.07) is 5.93. The van der Waals surface area contributed by atoms with Gasteiger partial charge in [-0.1, -0.05) is 12.1 Å². The fourth-order valence-electron chi connectivity index (χ4n) is 3.07. The van der Waals surface area contributed by atoms with E-state index in [1.165, 1.54) is 12.1 Å². The van der Waals surface area contributed by atoms with Crippen LogP contribution in [0.15, 0.2) is 35.7 Å². The van der Waals surface area contributed by atoms with Crippen molar-refractivity contribution in [3.8, 4) is 0 Å². The van der Waals surface area contributed by atoms with Crippen molar-refractivity contribution in [2.24, 2.45) is 0 Å². The van der Waals surface area contributed by atoms with Crippen LogP contribution in [0.2, 0.25) is 0 Å². The van der Waals surface area contributed by atoms with Gasteiger partial charge in [0.1, 0.15) is 11.4 Å². The van der Waals surface area contributed by atoms with Crippen LogP contribution in [-0.4, -0.2) is 45.2 Å². The molecule has 25 heavy (non-hydrogen) atoms. The summed E-state index contributed by atoms with van der Waals surface area (Å²) in [5, 5.41) is 1.94. The van der Waals surface area contributed by atoms with Gasteiger partial charge in [0.25, 0.3) is 23.6 Å². The first-order chi connectivity index (χ1) is 11.9. The molecule has 3 aliphatic heterocycles. The van der Waals surface area contributed by atoms with E-state index in [0.717, 1.165) is 0 Å². The Kier molecular flexibility index (Phi) is 2.95. The molecule has 1 aromatic rings. The molecule has 1 aromatic carbocycles. The summed E-state index contributed by atoms with van der Waals surface area (Å²) in [6.45, 7) is 0. The van der Waals surface area contributed by atoms with Crippen LogP contribution < -0.4 is 5.32 Å². The smallest absolute Gasteiger partial charge is 0.277 e. The predicted octanol–water partition coefficient (Wildman–Crippen LogP) is -0.700. The Morgan fingerprint density at radius 1 is 0.680 bits per heavy atom. The number of likely N-dealkylation sites (tertiary alicyclic amines) is 1. The van der Waals surface area contributed by atoms with Crippen molar-refractivity contribution in [1.82, 2.24) is 15.1 Å². The summed E-state index contributed by atoms with van der Waals surface area (Å²) in [5.41, 5.74) is -1.03. The SMILES string of the molecule is O=C1NC(=O)C(N2C(=O)c3ccccc3C2=O)=C1N1C(=O)CCC1=O. The minimum atomic E-state index is -1.01. The Balaban J connectivity index is 1.90. The van der Waals surface area contributed by atoms with Gasteiger partial charge in [0.15, 0.2) is 0 Å². The highest BCUT2D eigenvalue weighted by Crippen LogP contribution is 2.32. The third kappa shape index (κ3) is 1.89. The maximum absolute atomic E-state index is 12.6. The minimum Gasteiger partial charge on any atom is -0.285 e. The molecule has 0 bridgehead atoms. The van der Waals surface area contributed by atoms with Gasteiger partial charge in [-0.2, -0.15) is 0 Å². The molecular formula is C16H9N3O6. The van der Waals surface area contributed by atoms with Crippen LogP contribution in [0.1, 0.15) is 33.6 Å². The van der Waals surface area contributed by atoms with Crippen LogP contribution >= 0.6 is 0 Å². The molecule has 0 atom stereocenters. The largest absolute Gasteiger partial charge is 0.285 e. The van der Waals surface area contributed by atoms with E-state index < -0.39 is 46.8 Å². The summed E-state index contributed by atoms with van der Waals surface area (Å²) in [4.78, 5) is 74.5. The van der Waals surface area contributed by atoms with Crippen molar-refractivity contribution in [2.45, 2.75) is 12.8 Å². The maximum atomic E-state index is 12.6. The highest BCUT2D eigenvalue weighted by Gasteiger charge is 2.49. The second-order valence-corrected chi connectivity index (χ2v) is 5.59. The molecule has 9 heteroatoms. The van der Waals surface area contributed by atoms with Gasteiger partial charge in [0.2, 0.25) is 11.8 Å². The quantitative estimate of drug-likeness (QED) is 0.711. The van der Waals surface area contributed by atoms with Gasteiger partial charge >= 0.3 is 0 Å². The molecule has 3 heterocycles. The molecule has 0 spiro atoms. The number of rotatable bonds is 2. The number of fused-ring (bicyclic) bond motifs is 1. The van der Waals surface area contributed by atoms with Gasteiger partial charge in [0.05, 0.1) is 11.1 Å². The highest BCUT2D eigenvalue weighted by molar-refractivity contribution is 6.30. The van der Waals surface area contributed by atoms with Crippen LogP contribution in [0.25, 0.3) is 0 Å². The van der Waals surface area contributed by atoms with E-state index >= 15 is 0 Å². The zero-order valence-corrected chi connectivity index (χ0v) is 12.6. The molecule has 1 fully saturated rings. The summed E-state index contributed by atoms with van der Waals surface area (Å²) < 4.78 is 0. The Morgan fingerprint density at radius 2 is 1.12 bits per heavy atom. The summed E-state index contributed by atoms with van der Waals surface area (Å²) in [5.74, 6) is -4.94. The van der Waals surface area contributed by atoms with E-state index in [9.17, 15) is 28.8 Å². The van der Waals surface area contributed by atoms with Crippen LogP contribution in [0.3, 0.4) is 0 Å². The number of hydrogen-bond acceptors (Lipinski definition) is 6. The Hall–Kier alpha value is -3.62. The number of nitrogens with zero attached hydrogens (tertiary/aromatic N) is 2. The van der Waals surface area contributed by atoms with E-state index in [1.54, 1.807) is 12.1 Å². The molecule has 124 valence electrons. The second-order valence-electron chi connectivity index (χ2n) is 5.59. The van der Waals surface area contributed by atoms with Crippen LogP contribution in [0, 0.1) is 0 Å². The Morgan fingerprint density at radius 3 is 1.60 bits per heavy atom.